The molecular weight excluding hydrogens is 683 g/mol. The molecule has 0 atom stereocenters. The number of benzene rings is 8. The van der Waals surface area contributed by atoms with Crippen molar-refractivity contribution in [2.75, 3.05) is 0 Å². The average molecular weight is 716 g/mol. The van der Waals surface area contributed by atoms with Gasteiger partial charge in [0.25, 0.3) is 0 Å². The second-order valence-corrected chi connectivity index (χ2v) is 14.2. The summed E-state index contributed by atoms with van der Waals surface area (Å²) in [5.74, 6) is 0.704. The van der Waals surface area contributed by atoms with Gasteiger partial charge in [-0.05, 0) is 59.2 Å². The molecule has 262 valence electrons. The zero-order chi connectivity index (χ0) is 37.0. The molecule has 0 aliphatic heterocycles. The number of furan rings is 1. The number of para-hydroxylation sites is 3. The monoisotopic (exact) mass is 715 g/mol. The Morgan fingerprint density at radius 2 is 0.929 bits per heavy atom. The van der Waals surface area contributed by atoms with Crippen LogP contribution in [-0.2, 0) is 0 Å². The van der Waals surface area contributed by atoms with Gasteiger partial charge in [-0.1, -0.05) is 158 Å². The first kappa shape index (κ1) is 31.9. The molecule has 0 spiro atoms. The molecule has 0 saturated heterocycles. The lowest BCUT2D eigenvalue weighted by atomic mass is 10.0. The van der Waals surface area contributed by atoms with E-state index in [0.717, 1.165) is 78.0 Å². The van der Waals surface area contributed by atoms with Crippen molar-refractivity contribution < 1.29 is 4.42 Å². The predicted molar refractivity (Wildman–Crippen MR) is 231 cm³/mol. The largest absolute Gasteiger partial charge is 0.455 e. The summed E-state index contributed by atoms with van der Waals surface area (Å²) in [6.07, 6.45) is 0. The van der Waals surface area contributed by atoms with E-state index in [-0.39, 0.29) is 0 Å². The van der Waals surface area contributed by atoms with Gasteiger partial charge in [0, 0.05) is 49.5 Å². The van der Waals surface area contributed by atoms with E-state index in [2.05, 4.69) is 156 Å². The number of aromatic nitrogens is 3. The van der Waals surface area contributed by atoms with Crippen molar-refractivity contribution >= 4 is 43.7 Å². The van der Waals surface area contributed by atoms with E-state index in [0.29, 0.717) is 5.82 Å². The van der Waals surface area contributed by atoms with Crippen molar-refractivity contribution in [3.05, 3.63) is 200 Å². The van der Waals surface area contributed by atoms with Gasteiger partial charge in [0.05, 0.1) is 22.4 Å². The van der Waals surface area contributed by atoms with Gasteiger partial charge in [-0.3, -0.25) is 0 Å². The Balaban J connectivity index is 0.955. The first-order valence-electron chi connectivity index (χ1n) is 18.9. The quantitative estimate of drug-likeness (QED) is 0.172. The molecule has 4 heteroatoms. The summed E-state index contributed by atoms with van der Waals surface area (Å²) >= 11 is 0. The minimum atomic E-state index is 0.704. The first-order valence-corrected chi connectivity index (χ1v) is 18.9. The Morgan fingerprint density at radius 1 is 0.357 bits per heavy atom. The fraction of sp³-hybridized carbons (Fsp3) is 0. The molecule has 0 radical (unpaired) electrons. The van der Waals surface area contributed by atoms with E-state index in [1.807, 2.05) is 48.5 Å². The lowest BCUT2D eigenvalue weighted by molar-refractivity contribution is 0.670. The Bertz CT molecular complexity index is 3160. The molecular formula is C52H33N3O. The molecule has 11 rings (SSSR count). The molecule has 3 aromatic heterocycles. The van der Waals surface area contributed by atoms with Crippen LogP contribution in [0.5, 0.6) is 0 Å². The third-order valence-corrected chi connectivity index (χ3v) is 10.9. The second-order valence-electron chi connectivity index (χ2n) is 14.2. The van der Waals surface area contributed by atoms with Crippen LogP contribution in [0.25, 0.3) is 106 Å². The van der Waals surface area contributed by atoms with E-state index < -0.39 is 0 Å². The molecule has 0 aliphatic carbocycles. The van der Waals surface area contributed by atoms with E-state index in [4.69, 9.17) is 14.4 Å². The van der Waals surface area contributed by atoms with Gasteiger partial charge in [0.1, 0.15) is 11.2 Å². The second kappa shape index (κ2) is 13.1. The topological polar surface area (TPSA) is 43.9 Å². The van der Waals surface area contributed by atoms with Gasteiger partial charge < -0.3 is 8.98 Å². The summed E-state index contributed by atoms with van der Waals surface area (Å²) in [5.41, 5.74) is 14.7. The van der Waals surface area contributed by atoms with E-state index >= 15 is 0 Å². The molecule has 0 unspecified atom stereocenters. The summed E-state index contributed by atoms with van der Waals surface area (Å²) < 4.78 is 8.73. The highest BCUT2D eigenvalue weighted by molar-refractivity contribution is 6.11. The molecule has 0 bridgehead atoms. The van der Waals surface area contributed by atoms with Crippen LogP contribution in [0.2, 0.25) is 0 Å². The smallest absolute Gasteiger partial charge is 0.160 e. The van der Waals surface area contributed by atoms with Crippen LogP contribution in [0.1, 0.15) is 0 Å². The minimum absolute atomic E-state index is 0.704. The molecule has 3 heterocycles. The lowest BCUT2D eigenvalue weighted by Gasteiger charge is -2.11. The Labute approximate surface area is 323 Å². The average Bonchev–Trinajstić information content (AvgIpc) is 3.83. The Hall–Kier alpha value is -7.56. The molecule has 0 fully saturated rings. The van der Waals surface area contributed by atoms with Gasteiger partial charge >= 0.3 is 0 Å². The van der Waals surface area contributed by atoms with Gasteiger partial charge in [0.15, 0.2) is 5.82 Å². The number of nitrogens with zero attached hydrogens (tertiary/aromatic N) is 3. The van der Waals surface area contributed by atoms with Crippen molar-refractivity contribution in [2.45, 2.75) is 0 Å². The third-order valence-electron chi connectivity index (χ3n) is 10.9. The molecule has 0 amide bonds. The SMILES string of the molecule is c1ccc(-c2cc(-c3ccccc3)nc(-c3ccc(-c4ccc5c(c4)c4ccccc4n5-c4ccc(-c5cccc6c5oc5ccccc56)cc4)cc3)n2)cc1. The summed E-state index contributed by atoms with van der Waals surface area (Å²) in [6.45, 7) is 0. The normalized spacial score (nSPS) is 11.6. The van der Waals surface area contributed by atoms with Crippen LogP contribution in [0.3, 0.4) is 0 Å². The van der Waals surface area contributed by atoms with Crippen LogP contribution in [-0.4, -0.2) is 14.5 Å². The van der Waals surface area contributed by atoms with Crippen molar-refractivity contribution in [1.82, 2.24) is 14.5 Å². The van der Waals surface area contributed by atoms with Crippen LogP contribution in [0, 0.1) is 0 Å². The van der Waals surface area contributed by atoms with Crippen molar-refractivity contribution in [2.24, 2.45) is 0 Å². The van der Waals surface area contributed by atoms with Crippen LogP contribution in [0.4, 0.5) is 0 Å². The zero-order valence-electron chi connectivity index (χ0n) is 30.3. The molecule has 8 aromatic carbocycles. The van der Waals surface area contributed by atoms with Gasteiger partial charge in [-0.25, -0.2) is 9.97 Å². The third kappa shape index (κ3) is 5.39. The molecule has 11 aromatic rings. The standard InChI is InChI=1S/C52H33N3O/c1-3-12-36(13-4-1)46-33-47(37-14-5-2-6-15-37)54-52(53-46)38-24-22-34(23-25-38)39-28-31-49-45(32-39)42-16-7-9-20-48(42)55(49)40-29-26-35(27-30-40)41-18-11-19-44-43-17-8-10-21-50(43)56-51(41)44/h1-33H. The molecule has 4 nitrogen and oxygen atoms in total. The number of fused-ring (bicyclic) bond motifs is 6. The Kier molecular flexibility index (Phi) is 7.46. The molecule has 0 aliphatic rings. The molecule has 56 heavy (non-hydrogen) atoms. The van der Waals surface area contributed by atoms with Crippen LogP contribution in [0.15, 0.2) is 205 Å². The highest BCUT2D eigenvalue weighted by Gasteiger charge is 2.16. The Morgan fingerprint density at radius 3 is 1.66 bits per heavy atom. The molecule has 0 N–H and O–H groups in total. The van der Waals surface area contributed by atoms with Crippen LogP contribution < -0.4 is 0 Å². The van der Waals surface area contributed by atoms with Gasteiger partial charge in [-0.15, -0.1) is 0 Å². The van der Waals surface area contributed by atoms with Crippen LogP contribution >= 0.6 is 0 Å². The maximum atomic E-state index is 6.36. The minimum Gasteiger partial charge on any atom is -0.455 e. The number of hydrogen-bond acceptors (Lipinski definition) is 3. The maximum absolute atomic E-state index is 6.36. The zero-order valence-corrected chi connectivity index (χ0v) is 30.3. The van der Waals surface area contributed by atoms with Crippen molar-refractivity contribution in [1.29, 1.82) is 0 Å². The molecule has 0 saturated carbocycles. The van der Waals surface area contributed by atoms with E-state index in [1.165, 1.54) is 21.8 Å². The number of rotatable bonds is 6. The van der Waals surface area contributed by atoms with Crippen molar-refractivity contribution in [3.63, 3.8) is 0 Å². The van der Waals surface area contributed by atoms with Gasteiger partial charge in [0.2, 0.25) is 0 Å². The lowest BCUT2D eigenvalue weighted by Crippen LogP contribution is -1.96. The maximum Gasteiger partial charge on any atom is 0.160 e. The van der Waals surface area contributed by atoms with Crippen molar-refractivity contribution in [3.8, 4) is 61.8 Å². The number of hydrogen-bond donors (Lipinski definition) is 0. The van der Waals surface area contributed by atoms with E-state index in [9.17, 15) is 0 Å². The summed E-state index contributed by atoms with van der Waals surface area (Å²) in [7, 11) is 0. The highest BCUT2D eigenvalue weighted by Crippen LogP contribution is 2.38. The first-order chi connectivity index (χ1) is 27.7. The van der Waals surface area contributed by atoms with E-state index in [1.54, 1.807) is 0 Å². The van der Waals surface area contributed by atoms with Gasteiger partial charge in [-0.2, -0.15) is 0 Å². The summed E-state index contributed by atoms with van der Waals surface area (Å²) in [6, 6.07) is 70.3. The highest BCUT2D eigenvalue weighted by atomic mass is 16.3. The fourth-order valence-electron chi connectivity index (χ4n) is 8.10. The summed E-state index contributed by atoms with van der Waals surface area (Å²) in [5, 5.41) is 4.71. The fourth-order valence-corrected chi connectivity index (χ4v) is 8.10. The predicted octanol–water partition coefficient (Wildman–Crippen LogP) is 13.8. The summed E-state index contributed by atoms with van der Waals surface area (Å²) in [4.78, 5) is 10.1.